The van der Waals surface area contributed by atoms with Crippen molar-refractivity contribution in [3.8, 4) is 0 Å². The number of aliphatic hydroxyl groups excluding tert-OH is 2. The second-order valence-electron chi connectivity index (χ2n) is 13.0. The van der Waals surface area contributed by atoms with E-state index in [1.54, 1.807) is 0 Å². The molecule has 2 unspecified atom stereocenters. The summed E-state index contributed by atoms with van der Waals surface area (Å²) < 4.78 is 0. The van der Waals surface area contributed by atoms with E-state index in [1.165, 1.54) is 25.7 Å². The van der Waals surface area contributed by atoms with E-state index in [0.29, 0.717) is 12.8 Å². The molecule has 0 saturated carbocycles. The highest BCUT2D eigenvalue weighted by atomic mass is 16.3. The highest BCUT2D eigenvalue weighted by Crippen LogP contribution is 2.11. The normalized spacial score (nSPS) is 14.2. The molecule has 0 radical (unpaired) electrons. The maximum atomic E-state index is 12.2. The molecule has 0 aromatic heterocycles. The van der Waals surface area contributed by atoms with Crippen molar-refractivity contribution in [3.63, 3.8) is 0 Å². The molecule has 0 aliphatic heterocycles. The molecule has 0 aliphatic carbocycles. The minimum Gasteiger partial charge on any atom is -0.394 e. The molecular weight excluding hydrogens is 615 g/mol. The van der Waals surface area contributed by atoms with Crippen LogP contribution in [-0.2, 0) is 4.79 Å². The van der Waals surface area contributed by atoms with Gasteiger partial charge in [-0.15, -0.1) is 0 Å². The van der Waals surface area contributed by atoms with Crippen molar-refractivity contribution in [2.45, 2.75) is 167 Å². The van der Waals surface area contributed by atoms with Gasteiger partial charge in [-0.3, -0.25) is 4.79 Å². The summed E-state index contributed by atoms with van der Waals surface area (Å²) in [5, 5.41) is 22.5. The van der Waals surface area contributed by atoms with Crippen molar-refractivity contribution in [2.75, 3.05) is 6.61 Å². The quantitative estimate of drug-likeness (QED) is 0.0465. The first-order valence-electron chi connectivity index (χ1n) is 20.1. The Bertz CT molecular complexity index is 1010. The molecular formula is C46H75NO3. The van der Waals surface area contributed by atoms with Crippen molar-refractivity contribution < 1.29 is 15.0 Å². The molecule has 3 N–H and O–H groups in total. The molecule has 0 aromatic rings. The molecule has 2 atom stereocenters. The van der Waals surface area contributed by atoms with Gasteiger partial charge in [-0.1, -0.05) is 175 Å². The van der Waals surface area contributed by atoms with Crippen molar-refractivity contribution in [1.29, 1.82) is 0 Å². The molecule has 50 heavy (non-hydrogen) atoms. The third-order valence-corrected chi connectivity index (χ3v) is 8.30. The predicted molar refractivity (Wildman–Crippen MR) is 220 cm³/mol. The first kappa shape index (κ1) is 47.0. The number of carbonyl (C=O) groups is 1. The average Bonchev–Trinajstić information content (AvgIpc) is 3.12. The smallest absolute Gasteiger partial charge is 0.220 e. The number of unbranched alkanes of at least 4 members (excludes halogenated alkanes) is 9. The summed E-state index contributed by atoms with van der Waals surface area (Å²) in [4.78, 5) is 12.2. The Balaban J connectivity index is 3.60. The molecule has 0 aromatic carbocycles. The molecule has 0 rings (SSSR count). The SMILES string of the molecule is CC/C=C\C/C=C\C/C=C\C/C=C\C/C=C\C/C=C\C/C=C\C/C=C\C/C=C\CCCCCCCCCC(=O)NC(CO)C(O)CCCCC. The van der Waals surface area contributed by atoms with Crippen molar-refractivity contribution >= 4 is 5.91 Å². The van der Waals surface area contributed by atoms with Gasteiger partial charge in [0.15, 0.2) is 0 Å². The summed E-state index contributed by atoms with van der Waals surface area (Å²) in [7, 11) is 0. The lowest BCUT2D eigenvalue weighted by atomic mass is 10.0. The lowest BCUT2D eigenvalue weighted by Crippen LogP contribution is -2.45. The largest absolute Gasteiger partial charge is 0.394 e. The van der Waals surface area contributed by atoms with Crippen LogP contribution in [0.5, 0.6) is 0 Å². The minimum atomic E-state index is -0.667. The number of aliphatic hydroxyl groups is 2. The van der Waals surface area contributed by atoms with E-state index < -0.39 is 12.1 Å². The number of hydrogen-bond donors (Lipinski definition) is 3. The van der Waals surface area contributed by atoms with E-state index in [9.17, 15) is 15.0 Å². The number of nitrogens with one attached hydrogen (secondary N) is 1. The molecule has 0 aliphatic rings. The van der Waals surface area contributed by atoms with Gasteiger partial charge in [-0.25, -0.2) is 0 Å². The summed E-state index contributed by atoms with van der Waals surface area (Å²) in [6.45, 7) is 4.07. The van der Waals surface area contributed by atoms with Crippen molar-refractivity contribution in [3.05, 3.63) is 109 Å². The average molecular weight is 690 g/mol. The highest BCUT2D eigenvalue weighted by Gasteiger charge is 2.19. The molecule has 282 valence electrons. The molecule has 0 spiro atoms. The molecule has 0 saturated heterocycles. The standard InChI is InChI=1S/C46H75NO3/c1-3-5-7-8-9-10-11-12-13-14-15-16-17-18-19-20-21-22-23-24-25-26-27-28-29-30-31-32-33-34-35-36-37-38-40-42-46(50)47-44(43-48)45(49)41-39-6-4-2/h5,7,9-10,12-13,15-16,18-19,21-22,24-25,27-28,30-31,44-45,48-49H,3-4,6,8,11,14,17,20,23,26,29,32-43H2,1-2H3,(H,47,50)/b7-5-,10-9-,13-12-,16-15-,19-18-,22-21-,25-24-,28-27-,31-30-. The fourth-order valence-corrected chi connectivity index (χ4v) is 5.23. The molecule has 0 heterocycles. The van der Waals surface area contributed by atoms with E-state index in [1.807, 2.05) is 0 Å². The van der Waals surface area contributed by atoms with E-state index in [4.69, 9.17) is 0 Å². The van der Waals surface area contributed by atoms with Gasteiger partial charge in [0.2, 0.25) is 5.91 Å². The van der Waals surface area contributed by atoms with Crippen LogP contribution >= 0.6 is 0 Å². The van der Waals surface area contributed by atoms with E-state index in [-0.39, 0.29) is 12.5 Å². The molecule has 0 bridgehead atoms. The second kappa shape index (κ2) is 40.5. The van der Waals surface area contributed by atoms with Crippen LogP contribution in [0.4, 0.5) is 0 Å². The van der Waals surface area contributed by atoms with Gasteiger partial charge in [-0.2, -0.15) is 0 Å². The van der Waals surface area contributed by atoms with Crippen molar-refractivity contribution in [2.24, 2.45) is 0 Å². The molecule has 1 amide bonds. The van der Waals surface area contributed by atoms with Gasteiger partial charge in [0.25, 0.3) is 0 Å². The summed E-state index contributed by atoms with van der Waals surface area (Å²) in [6, 6.07) is -0.545. The third kappa shape index (κ3) is 36.3. The third-order valence-electron chi connectivity index (χ3n) is 8.30. The van der Waals surface area contributed by atoms with Gasteiger partial charge in [0.1, 0.15) is 0 Å². The Morgan fingerprint density at radius 3 is 1.28 bits per heavy atom. The van der Waals surface area contributed by atoms with Crippen LogP contribution in [0.15, 0.2) is 109 Å². The van der Waals surface area contributed by atoms with Crippen LogP contribution in [0.25, 0.3) is 0 Å². The molecule has 4 heteroatoms. The number of hydrogen-bond acceptors (Lipinski definition) is 3. The van der Waals surface area contributed by atoms with Crippen LogP contribution in [0.1, 0.15) is 155 Å². The first-order chi connectivity index (χ1) is 24.7. The van der Waals surface area contributed by atoms with Crippen LogP contribution in [0.3, 0.4) is 0 Å². The molecule has 4 nitrogen and oxygen atoms in total. The summed E-state index contributed by atoms with van der Waals surface area (Å²) in [6.07, 6.45) is 62.2. The highest BCUT2D eigenvalue weighted by molar-refractivity contribution is 5.76. The van der Waals surface area contributed by atoms with E-state index >= 15 is 0 Å². The van der Waals surface area contributed by atoms with E-state index in [2.05, 4.69) is 129 Å². The van der Waals surface area contributed by atoms with Crippen LogP contribution in [-0.4, -0.2) is 34.9 Å². The van der Waals surface area contributed by atoms with Gasteiger partial charge >= 0.3 is 0 Å². The van der Waals surface area contributed by atoms with Crippen LogP contribution in [0.2, 0.25) is 0 Å². The van der Waals surface area contributed by atoms with Crippen LogP contribution < -0.4 is 5.32 Å². The zero-order valence-corrected chi connectivity index (χ0v) is 32.1. The number of allylic oxidation sites excluding steroid dienone is 18. The number of rotatable bonds is 34. The zero-order chi connectivity index (χ0) is 36.4. The lowest BCUT2D eigenvalue weighted by molar-refractivity contribution is -0.123. The Morgan fingerprint density at radius 2 is 0.880 bits per heavy atom. The zero-order valence-electron chi connectivity index (χ0n) is 32.1. The van der Waals surface area contributed by atoms with Gasteiger partial charge in [-0.05, 0) is 83.5 Å². The van der Waals surface area contributed by atoms with Gasteiger partial charge < -0.3 is 15.5 Å². The maximum absolute atomic E-state index is 12.2. The van der Waals surface area contributed by atoms with E-state index in [0.717, 1.165) is 103 Å². The van der Waals surface area contributed by atoms with Crippen molar-refractivity contribution in [1.82, 2.24) is 5.32 Å². The molecule has 0 fully saturated rings. The summed E-state index contributed by atoms with van der Waals surface area (Å²) in [5.41, 5.74) is 0. The minimum absolute atomic E-state index is 0.0615. The topological polar surface area (TPSA) is 69.6 Å². The monoisotopic (exact) mass is 690 g/mol. The fraction of sp³-hybridized carbons (Fsp3) is 0.587. The Hall–Kier alpha value is -2.95. The Labute approximate surface area is 308 Å². The lowest BCUT2D eigenvalue weighted by Gasteiger charge is -2.22. The summed E-state index contributed by atoms with van der Waals surface area (Å²) in [5.74, 6) is -0.0615. The maximum Gasteiger partial charge on any atom is 0.220 e. The Kier molecular flexibility index (Phi) is 38.1. The van der Waals surface area contributed by atoms with Gasteiger partial charge in [0, 0.05) is 6.42 Å². The predicted octanol–water partition coefficient (Wildman–Crippen LogP) is 12.5. The number of amides is 1. The van der Waals surface area contributed by atoms with Crippen LogP contribution in [0, 0.1) is 0 Å². The fourth-order valence-electron chi connectivity index (χ4n) is 5.23. The summed E-state index contributed by atoms with van der Waals surface area (Å²) >= 11 is 0. The first-order valence-corrected chi connectivity index (χ1v) is 20.1. The van der Waals surface area contributed by atoms with Gasteiger partial charge in [0.05, 0.1) is 18.8 Å². The number of carbonyl (C=O) groups excluding carboxylic acids is 1. The Morgan fingerprint density at radius 1 is 0.500 bits per heavy atom. The second-order valence-corrected chi connectivity index (χ2v) is 13.0.